The van der Waals surface area contributed by atoms with Crippen LogP contribution in [0.4, 0.5) is 0 Å². The molecule has 0 radical (unpaired) electrons. The molecule has 1 aromatic rings. The summed E-state index contributed by atoms with van der Waals surface area (Å²) >= 11 is 0. The second-order valence-corrected chi connectivity index (χ2v) is 14.3. The number of nitrogens with one attached hydrogen (secondary N) is 5. The third kappa shape index (κ3) is 9.59. The number of likely N-dealkylation sites (tertiary alicyclic amines) is 1. The molecular weight excluding hydrogens is 618 g/mol. The first-order valence-corrected chi connectivity index (χ1v) is 17.7. The Morgan fingerprint density at radius 2 is 1.65 bits per heavy atom. The van der Waals surface area contributed by atoms with Gasteiger partial charge in [-0.15, -0.1) is 10.2 Å². The van der Waals surface area contributed by atoms with Crippen molar-refractivity contribution in [2.45, 2.75) is 135 Å². The van der Waals surface area contributed by atoms with E-state index in [9.17, 15) is 28.8 Å². The van der Waals surface area contributed by atoms with E-state index >= 15 is 0 Å². The number of carbonyl (C=O) groups excluding carboxylic acids is 6. The molecule has 2 heterocycles. The zero-order valence-corrected chi connectivity index (χ0v) is 28.9. The van der Waals surface area contributed by atoms with Gasteiger partial charge in [0, 0.05) is 25.4 Å². The second kappa shape index (κ2) is 17.0. The van der Waals surface area contributed by atoms with E-state index in [2.05, 4.69) is 41.9 Å². The molecule has 2 saturated carbocycles. The Bertz CT molecular complexity index is 1300. The molecule has 1 aliphatic heterocycles. The molecule has 266 valence electrons. The Balaban J connectivity index is 1.41. The molecule has 5 N–H and O–H groups in total. The van der Waals surface area contributed by atoms with Gasteiger partial charge < -0.3 is 26.2 Å². The maximum atomic E-state index is 14.2. The number of nitrogens with zero attached hydrogens (tertiary/aromatic N) is 4. The predicted molar refractivity (Wildman–Crippen MR) is 175 cm³/mol. The molecule has 1 saturated heterocycles. The molecule has 3 fully saturated rings. The number of aryl methyl sites for hydroxylation is 1. The number of amides is 5. The van der Waals surface area contributed by atoms with E-state index in [4.69, 9.17) is 0 Å². The van der Waals surface area contributed by atoms with Gasteiger partial charge in [0.1, 0.15) is 18.1 Å². The number of H-pyrrole nitrogens is 1. The normalized spacial score (nSPS) is 22.1. The van der Waals surface area contributed by atoms with Crippen LogP contribution >= 0.6 is 0 Å². The van der Waals surface area contributed by atoms with Crippen molar-refractivity contribution in [1.82, 2.24) is 46.8 Å². The predicted octanol–water partition coefficient (Wildman–Crippen LogP) is 0.954. The third-order valence-corrected chi connectivity index (χ3v) is 9.73. The largest absolute Gasteiger partial charge is 0.347 e. The lowest BCUT2D eigenvalue weighted by Gasteiger charge is -2.34. The van der Waals surface area contributed by atoms with Crippen molar-refractivity contribution in [3.05, 3.63) is 5.82 Å². The van der Waals surface area contributed by atoms with Gasteiger partial charge in [-0.2, -0.15) is 5.21 Å². The first-order valence-electron chi connectivity index (χ1n) is 17.7. The maximum Gasteiger partial charge on any atom is 0.289 e. The van der Waals surface area contributed by atoms with Gasteiger partial charge in [-0.3, -0.25) is 28.8 Å². The number of tetrazole rings is 1. The fraction of sp³-hybridized carbons (Fsp3) is 0.788. The topological polar surface area (TPSA) is 208 Å². The third-order valence-electron chi connectivity index (χ3n) is 9.73. The molecular formula is C33H53N9O6. The number of aromatic nitrogens is 4. The Morgan fingerprint density at radius 1 is 0.917 bits per heavy atom. The number of aromatic amines is 1. The van der Waals surface area contributed by atoms with Gasteiger partial charge in [0.2, 0.25) is 29.4 Å². The second-order valence-electron chi connectivity index (χ2n) is 14.3. The highest BCUT2D eigenvalue weighted by atomic mass is 16.2. The number of carbonyl (C=O) groups is 6. The number of Topliss-reactive ketones (excluding diaryl/α,β-unsaturated/α-hetero) is 1. The van der Waals surface area contributed by atoms with E-state index in [1.807, 2.05) is 34.6 Å². The van der Waals surface area contributed by atoms with Gasteiger partial charge in [-0.05, 0) is 68.6 Å². The van der Waals surface area contributed by atoms with Crippen LogP contribution in [-0.2, 0) is 35.2 Å². The van der Waals surface area contributed by atoms with E-state index in [1.165, 1.54) is 0 Å². The number of rotatable bonds is 18. The van der Waals surface area contributed by atoms with E-state index in [0.29, 0.717) is 44.5 Å². The first kappa shape index (κ1) is 36.9. The summed E-state index contributed by atoms with van der Waals surface area (Å²) < 4.78 is 0. The van der Waals surface area contributed by atoms with Gasteiger partial charge in [0.25, 0.3) is 5.91 Å². The minimum Gasteiger partial charge on any atom is -0.347 e. The zero-order valence-electron chi connectivity index (χ0n) is 28.9. The summed E-state index contributed by atoms with van der Waals surface area (Å²) in [4.78, 5) is 81.7. The highest BCUT2D eigenvalue weighted by molar-refractivity contribution is 6.38. The van der Waals surface area contributed by atoms with Crippen molar-refractivity contribution >= 4 is 35.3 Å². The monoisotopic (exact) mass is 671 g/mol. The molecule has 0 aromatic carbocycles. The molecule has 0 spiro atoms. The maximum absolute atomic E-state index is 14.2. The lowest BCUT2D eigenvalue weighted by molar-refractivity contribution is -0.145. The van der Waals surface area contributed by atoms with E-state index in [0.717, 1.165) is 32.1 Å². The molecule has 15 nitrogen and oxygen atoms in total. The first-order chi connectivity index (χ1) is 22.9. The Kier molecular flexibility index (Phi) is 13.0. The minimum atomic E-state index is -0.978. The van der Waals surface area contributed by atoms with Crippen molar-refractivity contribution < 1.29 is 28.8 Å². The van der Waals surface area contributed by atoms with Crippen molar-refractivity contribution in [3.8, 4) is 0 Å². The summed E-state index contributed by atoms with van der Waals surface area (Å²) in [6.45, 7) is 9.57. The SMILES string of the molecule is CCCC(NC(=O)[C@@H]1C2CCCC2CN1C(=O)[C@@H](NC(=O)[C@@H](NC(=O)CCCCc1nn[nH]n1)C(C)C)C(C)C)C(=O)C(=O)NC1CC1. The summed E-state index contributed by atoms with van der Waals surface area (Å²) in [6.07, 6.45) is 7.24. The average Bonchev–Trinajstić information content (AvgIpc) is 3.38. The quantitative estimate of drug-likeness (QED) is 0.111. The molecule has 3 aliphatic rings. The van der Waals surface area contributed by atoms with Gasteiger partial charge in [-0.25, -0.2) is 0 Å². The molecule has 6 atom stereocenters. The van der Waals surface area contributed by atoms with Crippen LogP contribution in [0.5, 0.6) is 0 Å². The number of fused-ring (bicyclic) bond motifs is 1. The standard InChI is InChI=1S/C33H53N9O6/c1-6-10-23(29(44)32(47)34-21-15-16-21)35-31(46)28-22-12-9-11-20(22)17-42(28)33(48)27(19(4)5)37-30(45)26(18(2)3)36-25(43)14-8-7-13-24-38-40-41-39-24/h18-23,26-28H,6-17H2,1-5H3,(H,34,47)(H,35,46)(H,36,43)(H,37,45)(H,38,39,40,41)/t20?,22?,23?,26-,27-,28-/m0/s1. The van der Waals surface area contributed by atoms with E-state index in [1.54, 1.807) is 4.90 Å². The average molecular weight is 672 g/mol. The number of unbranched alkanes of at least 4 members (excludes halogenated alkanes) is 1. The summed E-state index contributed by atoms with van der Waals surface area (Å²) in [5.41, 5.74) is 0. The number of hydrogen-bond acceptors (Lipinski definition) is 9. The highest BCUT2D eigenvalue weighted by Gasteiger charge is 2.51. The zero-order chi connectivity index (χ0) is 35.0. The summed E-state index contributed by atoms with van der Waals surface area (Å²) in [6, 6.07) is -3.56. The van der Waals surface area contributed by atoms with Crippen molar-refractivity contribution in [3.63, 3.8) is 0 Å². The number of ketones is 1. The fourth-order valence-corrected chi connectivity index (χ4v) is 6.90. The summed E-state index contributed by atoms with van der Waals surface area (Å²) in [5.74, 6) is -2.81. The molecule has 1 aromatic heterocycles. The van der Waals surface area contributed by atoms with Crippen LogP contribution in [-0.4, -0.2) is 97.6 Å². The van der Waals surface area contributed by atoms with E-state index in [-0.39, 0.29) is 47.9 Å². The van der Waals surface area contributed by atoms with Crippen LogP contribution < -0.4 is 21.3 Å². The summed E-state index contributed by atoms with van der Waals surface area (Å²) in [7, 11) is 0. The van der Waals surface area contributed by atoms with Gasteiger partial charge in [-0.1, -0.05) is 52.7 Å². The number of hydrogen-bond donors (Lipinski definition) is 5. The van der Waals surface area contributed by atoms with E-state index < -0.39 is 47.7 Å². The highest BCUT2D eigenvalue weighted by Crippen LogP contribution is 2.42. The van der Waals surface area contributed by atoms with Crippen molar-refractivity contribution in [1.29, 1.82) is 0 Å². The molecule has 2 aliphatic carbocycles. The Labute approximate surface area is 282 Å². The van der Waals surface area contributed by atoms with Crippen LogP contribution in [0.15, 0.2) is 0 Å². The molecule has 15 heteroatoms. The lowest BCUT2D eigenvalue weighted by atomic mass is 9.92. The van der Waals surface area contributed by atoms with Crippen LogP contribution in [0.1, 0.15) is 105 Å². The molecule has 5 amide bonds. The Morgan fingerprint density at radius 3 is 2.27 bits per heavy atom. The van der Waals surface area contributed by atoms with Crippen molar-refractivity contribution in [2.24, 2.45) is 23.7 Å². The van der Waals surface area contributed by atoms with Crippen LogP contribution in [0.25, 0.3) is 0 Å². The fourth-order valence-electron chi connectivity index (χ4n) is 6.90. The Hall–Kier alpha value is -3.91. The lowest BCUT2D eigenvalue weighted by Crippen LogP contribution is -2.60. The molecule has 48 heavy (non-hydrogen) atoms. The van der Waals surface area contributed by atoms with Gasteiger partial charge in [0.15, 0.2) is 5.82 Å². The van der Waals surface area contributed by atoms with Crippen molar-refractivity contribution in [2.75, 3.05) is 6.54 Å². The van der Waals surface area contributed by atoms with Crippen LogP contribution in [0.2, 0.25) is 0 Å². The minimum absolute atomic E-state index is 0.0158. The molecule has 0 bridgehead atoms. The van der Waals surface area contributed by atoms with Crippen LogP contribution in [0, 0.1) is 23.7 Å². The summed E-state index contributed by atoms with van der Waals surface area (Å²) in [5, 5.41) is 25.0. The van der Waals surface area contributed by atoms with Gasteiger partial charge >= 0.3 is 0 Å². The van der Waals surface area contributed by atoms with Crippen LogP contribution in [0.3, 0.4) is 0 Å². The van der Waals surface area contributed by atoms with Gasteiger partial charge in [0.05, 0.1) is 6.04 Å². The molecule has 4 rings (SSSR count). The molecule has 3 unspecified atom stereocenters. The smallest absolute Gasteiger partial charge is 0.289 e.